The van der Waals surface area contributed by atoms with Gasteiger partial charge in [-0.3, -0.25) is 9.59 Å². The van der Waals surface area contributed by atoms with Crippen LogP contribution in [0.2, 0.25) is 0 Å². The summed E-state index contributed by atoms with van der Waals surface area (Å²) in [6.45, 7) is 3.89. The highest BCUT2D eigenvalue weighted by molar-refractivity contribution is 9.10. The first-order chi connectivity index (χ1) is 11.1. The second-order valence-electron chi connectivity index (χ2n) is 5.02. The molecule has 0 aliphatic carbocycles. The Hall–Kier alpha value is -1.88. The zero-order valence-electron chi connectivity index (χ0n) is 13.2. The molecular formula is C18H19BrO4. The third-order valence-electron chi connectivity index (χ3n) is 3.51. The van der Waals surface area contributed by atoms with Crippen molar-refractivity contribution in [2.45, 2.75) is 20.3 Å². The minimum Gasteiger partial charge on any atom is -0.465 e. The molecule has 0 aliphatic rings. The largest absolute Gasteiger partial charge is 0.465 e. The van der Waals surface area contributed by atoms with Gasteiger partial charge in [-0.1, -0.05) is 36.4 Å². The van der Waals surface area contributed by atoms with Crippen LogP contribution in [0.1, 0.15) is 19.4 Å². The van der Waals surface area contributed by atoms with E-state index in [0.717, 1.165) is 20.8 Å². The molecule has 2 aromatic carbocycles. The highest BCUT2D eigenvalue weighted by Crippen LogP contribution is 2.29. The van der Waals surface area contributed by atoms with Gasteiger partial charge < -0.3 is 9.47 Å². The van der Waals surface area contributed by atoms with Crippen LogP contribution in [-0.2, 0) is 25.5 Å². The van der Waals surface area contributed by atoms with E-state index in [2.05, 4.69) is 15.9 Å². The summed E-state index contributed by atoms with van der Waals surface area (Å²) in [6, 6.07) is 11.8. The summed E-state index contributed by atoms with van der Waals surface area (Å²) >= 11 is 3.58. The maximum atomic E-state index is 12.1. The van der Waals surface area contributed by atoms with Gasteiger partial charge in [0.05, 0.1) is 13.2 Å². The number of benzene rings is 2. The molecule has 0 unspecified atom stereocenters. The van der Waals surface area contributed by atoms with Crippen molar-refractivity contribution in [2.24, 2.45) is 5.92 Å². The molecule has 122 valence electrons. The maximum Gasteiger partial charge on any atom is 0.320 e. The molecule has 0 spiro atoms. The van der Waals surface area contributed by atoms with E-state index in [9.17, 15) is 9.59 Å². The van der Waals surface area contributed by atoms with Gasteiger partial charge in [-0.2, -0.15) is 0 Å². The van der Waals surface area contributed by atoms with E-state index in [-0.39, 0.29) is 19.6 Å². The van der Waals surface area contributed by atoms with Crippen molar-refractivity contribution in [3.05, 3.63) is 46.4 Å². The number of carbonyl (C=O) groups is 2. The molecule has 0 atom stereocenters. The Morgan fingerprint density at radius 3 is 2.22 bits per heavy atom. The van der Waals surface area contributed by atoms with Gasteiger partial charge in [-0.05, 0) is 52.5 Å². The quantitative estimate of drug-likeness (QED) is 0.565. The predicted molar refractivity (Wildman–Crippen MR) is 92.1 cm³/mol. The number of hydrogen-bond acceptors (Lipinski definition) is 4. The van der Waals surface area contributed by atoms with E-state index in [1.54, 1.807) is 13.8 Å². The Morgan fingerprint density at radius 2 is 1.61 bits per heavy atom. The Labute approximate surface area is 143 Å². The minimum atomic E-state index is -0.952. The molecule has 0 aromatic heterocycles. The van der Waals surface area contributed by atoms with E-state index in [1.165, 1.54) is 0 Å². The standard InChI is InChI=1S/C18H19BrO4/c1-3-22-17(20)15(18(21)23-4-2)11-13-10-9-12-7-5-6-8-14(12)16(13)19/h5-10,15H,3-4,11H2,1-2H3. The Bertz CT molecular complexity index is 693. The molecule has 2 rings (SSSR count). The first kappa shape index (κ1) is 17.5. The second kappa shape index (κ2) is 8.11. The summed E-state index contributed by atoms with van der Waals surface area (Å²) in [5.74, 6) is -2.05. The summed E-state index contributed by atoms with van der Waals surface area (Å²) in [7, 11) is 0. The van der Waals surface area contributed by atoms with Crippen LogP contribution in [0.4, 0.5) is 0 Å². The van der Waals surface area contributed by atoms with Crippen molar-refractivity contribution in [3.63, 3.8) is 0 Å². The van der Waals surface area contributed by atoms with Crippen LogP contribution in [0, 0.1) is 5.92 Å². The van der Waals surface area contributed by atoms with Gasteiger partial charge in [-0.15, -0.1) is 0 Å². The van der Waals surface area contributed by atoms with E-state index in [0.29, 0.717) is 0 Å². The summed E-state index contributed by atoms with van der Waals surface area (Å²) in [4.78, 5) is 24.2. The first-order valence-electron chi connectivity index (χ1n) is 7.57. The van der Waals surface area contributed by atoms with Gasteiger partial charge >= 0.3 is 11.9 Å². The van der Waals surface area contributed by atoms with E-state index in [1.807, 2.05) is 36.4 Å². The van der Waals surface area contributed by atoms with E-state index in [4.69, 9.17) is 9.47 Å². The third-order valence-corrected chi connectivity index (χ3v) is 4.45. The van der Waals surface area contributed by atoms with Crippen LogP contribution >= 0.6 is 15.9 Å². The van der Waals surface area contributed by atoms with Crippen LogP contribution in [0.25, 0.3) is 10.8 Å². The number of fused-ring (bicyclic) bond motifs is 1. The molecule has 0 saturated heterocycles. The molecule has 0 saturated carbocycles. The molecule has 5 heteroatoms. The highest BCUT2D eigenvalue weighted by Gasteiger charge is 2.30. The van der Waals surface area contributed by atoms with Crippen LogP contribution < -0.4 is 0 Å². The van der Waals surface area contributed by atoms with Gasteiger partial charge in [0.2, 0.25) is 0 Å². The zero-order chi connectivity index (χ0) is 16.8. The molecular weight excluding hydrogens is 360 g/mol. The van der Waals surface area contributed by atoms with Crippen molar-refractivity contribution in [2.75, 3.05) is 13.2 Å². The Balaban J connectivity index is 2.33. The molecule has 0 N–H and O–H groups in total. The lowest BCUT2D eigenvalue weighted by atomic mass is 9.97. The first-order valence-corrected chi connectivity index (χ1v) is 8.37. The summed E-state index contributed by atoms with van der Waals surface area (Å²) in [6.07, 6.45) is 0.239. The highest BCUT2D eigenvalue weighted by atomic mass is 79.9. The van der Waals surface area contributed by atoms with Crippen LogP contribution in [0.3, 0.4) is 0 Å². The van der Waals surface area contributed by atoms with Gasteiger partial charge in [0.25, 0.3) is 0 Å². The number of ether oxygens (including phenoxy) is 2. The fourth-order valence-electron chi connectivity index (χ4n) is 2.40. The summed E-state index contributed by atoms with van der Waals surface area (Å²) in [5.41, 5.74) is 0.870. The molecule has 0 fully saturated rings. The average Bonchev–Trinajstić information content (AvgIpc) is 2.55. The van der Waals surface area contributed by atoms with Gasteiger partial charge in [0.15, 0.2) is 5.92 Å². The summed E-state index contributed by atoms with van der Waals surface area (Å²) < 4.78 is 10.9. The van der Waals surface area contributed by atoms with Crippen molar-refractivity contribution < 1.29 is 19.1 Å². The van der Waals surface area contributed by atoms with E-state index < -0.39 is 17.9 Å². The lowest BCUT2D eigenvalue weighted by molar-refractivity contribution is -0.161. The third kappa shape index (κ3) is 4.10. The molecule has 23 heavy (non-hydrogen) atoms. The minimum absolute atomic E-state index is 0.230. The smallest absolute Gasteiger partial charge is 0.320 e. The van der Waals surface area contributed by atoms with Gasteiger partial charge in [0, 0.05) is 4.47 Å². The zero-order valence-corrected chi connectivity index (χ0v) is 14.8. The fraction of sp³-hybridized carbons (Fsp3) is 0.333. The van der Waals surface area contributed by atoms with E-state index >= 15 is 0 Å². The SMILES string of the molecule is CCOC(=O)C(Cc1ccc2ccccc2c1Br)C(=O)OCC. The maximum absolute atomic E-state index is 12.1. The van der Waals surface area contributed by atoms with Crippen LogP contribution in [0.15, 0.2) is 40.9 Å². The average molecular weight is 379 g/mol. The number of halogens is 1. The van der Waals surface area contributed by atoms with Crippen molar-refractivity contribution in [1.29, 1.82) is 0 Å². The topological polar surface area (TPSA) is 52.6 Å². The Kier molecular flexibility index (Phi) is 6.16. The predicted octanol–water partition coefficient (Wildman–Crippen LogP) is 3.89. The van der Waals surface area contributed by atoms with Crippen molar-refractivity contribution in [1.82, 2.24) is 0 Å². The molecule has 0 bridgehead atoms. The molecule has 0 amide bonds. The molecule has 4 nitrogen and oxygen atoms in total. The lowest BCUT2D eigenvalue weighted by Gasteiger charge is -2.16. The van der Waals surface area contributed by atoms with Gasteiger partial charge in [0.1, 0.15) is 0 Å². The number of carbonyl (C=O) groups excluding carboxylic acids is 2. The normalized spacial score (nSPS) is 10.8. The van der Waals surface area contributed by atoms with Crippen LogP contribution in [-0.4, -0.2) is 25.2 Å². The Morgan fingerprint density at radius 1 is 1.00 bits per heavy atom. The lowest BCUT2D eigenvalue weighted by Crippen LogP contribution is -2.30. The summed E-state index contributed by atoms with van der Waals surface area (Å²) in [5, 5.41) is 2.13. The molecule has 0 heterocycles. The second-order valence-corrected chi connectivity index (χ2v) is 5.81. The van der Waals surface area contributed by atoms with Crippen molar-refractivity contribution >= 4 is 38.6 Å². The number of rotatable bonds is 6. The van der Waals surface area contributed by atoms with Gasteiger partial charge in [-0.25, -0.2) is 0 Å². The fourth-order valence-corrected chi connectivity index (χ4v) is 3.06. The number of esters is 2. The monoisotopic (exact) mass is 378 g/mol. The molecule has 2 aromatic rings. The molecule has 0 radical (unpaired) electrons. The number of hydrogen-bond donors (Lipinski definition) is 0. The van der Waals surface area contributed by atoms with Crippen LogP contribution in [0.5, 0.6) is 0 Å². The van der Waals surface area contributed by atoms with Crippen molar-refractivity contribution in [3.8, 4) is 0 Å². The molecule has 0 aliphatic heterocycles.